The van der Waals surface area contributed by atoms with Gasteiger partial charge in [-0.25, -0.2) is 4.98 Å². The van der Waals surface area contributed by atoms with Crippen molar-refractivity contribution in [2.24, 2.45) is 0 Å². The van der Waals surface area contributed by atoms with Crippen LogP contribution in [0.3, 0.4) is 0 Å². The highest BCUT2D eigenvalue weighted by molar-refractivity contribution is 6.14. The lowest BCUT2D eigenvalue weighted by Gasteiger charge is -2.10. The second-order valence-corrected chi connectivity index (χ2v) is 16.4. The lowest BCUT2D eigenvalue weighted by molar-refractivity contribution is 1.08. The minimum absolute atomic E-state index is 0.885. The number of pyridine rings is 1. The molecule has 0 amide bonds. The molecule has 0 N–H and O–H groups in total. The zero-order chi connectivity index (χ0) is 41.4. The minimum Gasteiger partial charge on any atom is -0.309 e. The summed E-state index contributed by atoms with van der Waals surface area (Å²) in [6.45, 7) is 0. The van der Waals surface area contributed by atoms with E-state index in [9.17, 15) is 0 Å². The van der Waals surface area contributed by atoms with E-state index in [0.29, 0.717) is 0 Å². The van der Waals surface area contributed by atoms with Crippen molar-refractivity contribution >= 4 is 65.4 Å². The third-order valence-corrected chi connectivity index (χ3v) is 12.9. The lowest BCUT2D eigenvalue weighted by Crippen LogP contribution is -1.97. The third kappa shape index (κ3) is 5.59. The molecule has 0 fully saturated rings. The Balaban J connectivity index is 0.944. The molecule has 4 heteroatoms. The molecule has 0 radical (unpaired) electrons. The molecule has 294 valence electrons. The summed E-state index contributed by atoms with van der Waals surface area (Å²) in [4.78, 5) is 5.20. The number of rotatable bonds is 6. The van der Waals surface area contributed by atoms with E-state index in [1.807, 2.05) is 6.20 Å². The molecule has 13 aromatic rings. The summed E-state index contributed by atoms with van der Waals surface area (Å²) in [7, 11) is 0. The van der Waals surface area contributed by atoms with Gasteiger partial charge in [-0.1, -0.05) is 127 Å². The molecule has 0 atom stereocenters. The van der Waals surface area contributed by atoms with Crippen molar-refractivity contribution in [1.82, 2.24) is 18.7 Å². The smallest absolute Gasteiger partial charge is 0.137 e. The van der Waals surface area contributed by atoms with Crippen LogP contribution < -0.4 is 0 Å². The summed E-state index contributed by atoms with van der Waals surface area (Å²) in [6.07, 6.45) is 2.03. The van der Waals surface area contributed by atoms with E-state index in [1.165, 1.54) is 76.6 Å². The molecule has 4 heterocycles. The molecule has 0 aliphatic heterocycles. The Morgan fingerprint density at radius 3 is 1.05 bits per heavy atom. The summed E-state index contributed by atoms with van der Waals surface area (Å²) in [6, 6.07) is 81.2. The highest BCUT2D eigenvalue weighted by Crippen LogP contribution is 2.40. The quantitative estimate of drug-likeness (QED) is 0.165. The van der Waals surface area contributed by atoms with Crippen molar-refractivity contribution in [3.8, 4) is 50.6 Å². The highest BCUT2D eigenvalue weighted by Gasteiger charge is 2.18. The zero-order valence-electron chi connectivity index (χ0n) is 34.2. The second-order valence-electron chi connectivity index (χ2n) is 16.4. The van der Waals surface area contributed by atoms with E-state index in [0.717, 1.165) is 39.4 Å². The van der Waals surface area contributed by atoms with Gasteiger partial charge in [0.15, 0.2) is 0 Å². The van der Waals surface area contributed by atoms with Crippen LogP contribution in [-0.2, 0) is 0 Å². The fourth-order valence-corrected chi connectivity index (χ4v) is 9.96. The monoisotopic (exact) mass is 802 g/mol. The first kappa shape index (κ1) is 35.3. The van der Waals surface area contributed by atoms with Gasteiger partial charge in [0.1, 0.15) is 5.82 Å². The van der Waals surface area contributed by atoms with Crippen molar-refractivity contribution in [3.63, 3.8) is 0 Å². The highest BCUT2D eigenvalue weighted by atomic mass is 15.1. The molecule has 0 bridgehead atoms. The van der Waals surface area contributed by atoms with Crippen LogP contribution in [0.15, 0.2) is 231 Å². The van der Waals surface area contributed by atoms with Crippen LogP contribution in [-0.4, -0.2) is 18.7 Å². The van der Waals surface area contributed by atoms with Gasteiger partial charge in [-0.2, -0.15) is 0 Å². The number of hydrogen-bond donors (Lipinski definition) is 0. The number of benzene rings is 9. The van der Waals surface area contributed by atoms with Crippen LogP contribution >= 0.6 is 0 Å². The van der Waals surface area contributed by atoms with E-state index < -0.39 is 0 Å². The molecular weight excluding hydrogens is 765 g/mol. The molecule has 0 aliphatic carbocycles. The molecular formula is C59H38N4. The molecule has 0 aliphatic rings. The molecule has 0 saturated carbocycles. The average molecular weight is 803 g/mol. The maximum atomic E-state index is 5.20. The maximum Gasteiger partial charge on any atom is 0.137 e. The van der Waals surface area contributed by atoms with Gasteiger partial charge in [0.05, 0.1) is 33.1 Å². The summed E-state index contributed by atoms with van der Waals surface area (Å²) >= 11 is 0. The standard InChI is InChI=1S/C59H38N4/c1-4-14-39(15-5-1)40-24-31-57-51(34-40)52-36-42(41-25-29-55-49(35-41)47-20-10-12-22-53(47)61(55)45-16-6-2-7-17-45)26-32-58(52)63(57)59-33-28-44(38-60-59)43-27-30-56-50(37-43)48-21-11-13-23-54(48)62(56)46-18-8-3-9-19-46/h1-38H. The van der Waals surface area contributed by atoms with E-state index in [2.05, 4.69) is 238 Å². The van der Waals surface area contributed by atoms with Crippen molar-refractivity contribution in [2.75, 3.05) is 0 Å². The number of hydrogen-bond acceptors (Lipinski definition) is 1. The predicted octanol–water partition coefficient (Wildman–Crippen LogP) is 15.4. The average Bonchev–Trinajstić information content (AvgIpc) is 3.99. The Morgan fingerprint density at radius 1 is 0.238 bits per heavy atom. The molecule has 63 heavy (non-hydrogen) atoms. The number of fused-ring (bicyclic) bond motifs is 9. The van der Waals surface area contributed by atoms with E-state index >= 15 is 0 Å². The molecule has 0 unspecified atom stereocenters. The van der Waals surface area contributed by atoms with Crippen LogP contribution in [0, 0.1) is 0 Å². The summed E-state index contributed by atoms with van der Waals surface area (Å²) in [5.74, 6) is 0.885. The normalized spacial score (nSPS) is 11.8. The van der Waals surface area contributed by atoms with E-state index in [4.69, 9.17) is 4.98 Å². The fraction of sp³-hybridized carbons (Fsp3) is 0. The van der Waals surface area contributed by atoms with Gasteiger partial charge < -0.3 is 9.13 Å². The van der Waals surface area contributed by atoms with E-state index in [-0.39, 0.29) is 0 Å². The summed E-state index contributed by atoms with van der Waals surface area (Å²) in [5.41, 5.74) is 16.3. The second kappa shape index (κ2) is 14.1. The van der Waals surface area contributed by atoms with Crippen molar-refractivity contribution < 1.29 is 0 Å². The topological polar surface area (TPSA) is 27.7 Å². The molecule has 0 saturated heterocycles. The number of aromatic nitrogens is 4. The fourth-order valence-electron chi connectivity index (χ4n) is 9.96. The Bertz CT molecular complexity index is 3870. The van der Waals surface area contributed by atoms with Gasteiger partial charge in [-0.3, -0.25) is 4.57 Å². The van der Waals surface area contributed by atoms with Gasteiger partial charge in [0, 0.05) is 55.5 Å². The van der Waals surface area contributed by atoms with Crippen LogP contribution in [0.25, 0.3) is 116 Å². The van der Waals surface area contributed by atoms with Crippen molar-refractivity contribution in [3.05, 3.63) is 231 Å². The first-order valence-corrected chi connectivity index (χ1v) is 21.5. The molecule has 9 aromatic carbocycles. The minimum atomic E-state index is 0.885. The molecule has 4 aromatic heterocycles. The maximum absolute atomic E-state index is 5.20. The Hall–Kier alpha value is -8.47. The van der Waals surface area contributed by atoms with Gasteiger partial charge in [0.25, 0.3) is 0 Å². The Labute approximate surface area is 363 Å². The van der Waals surface area contributed by atoms with E-state index in [1.54, 1.807) is 0 Å². The molecule has 0 spiro atoms. The number of nitrogens with zero attached hydrogens (tertiary/aromatic N) is 4. The third-order valence-electron chi connectivity index (χ3n) is 12.9. The van der Waals surface area contributed by atoms with Crippen LogP contribution in [0.1, 0.15) is 0 Å². The van der Waals surface area contributed by atoms with Crippen molar-refractivity contribution in [2.45, 2.75) is 0 Å². The van der Waals surface area contributed by atoms with Crippen molar-refractivity contribution in [1.29, 1.82) is 0 Å². The Kier molecular flexibility index (Phi) is 7.87. The van der Waals surface area contributed by atoms with Crippen LogP contribution in [0.4, 0.5) is 0 Å². The van der Waals surface area contributed by atoms with Gasteiger partial charge in [-0.05, 0) is 125 Å². The SMILES string of the molecule is c1ccc(-c2ccc3c(c2)c2cc(-c4ccc5c(c4)c4ccccc4n5-c4ccccc4)ccc2n3-c2ccc(-c3ccc4c(c3)c3ccccc3n4-c3ccccc3)cn2)cc1. The van der Waals surface area contributed by atoms with Crippen LogP contribution in [0.2, 0.25) is 0 Å². The van der Waals surface area contributed by atoms with Gasteiger partial charge in [-0.15, -0.1) is 0 Å². The summed E-state index contributed by atoms with van der Waals surface area (Å²) < 4.78 is 7.05. The predicted molar refractivity (Wildman–Crippen MR) is 264 cm³/mol. The zero-order valence-corrected chi connectivity index (χ0v) is 34.2. The van der Waals surface area contributed by atoms with Gasteiger partial charge in [0.2, 0.25) is 0 Å². The summed E-state index contributed by atoms with van der Waals surface area (Å²) in [5, 5.41) is 7.34. The first-order valence-electron chi connectivity index (χ1n) is 21.5. The Morgan fingerprint density at radius 2 is 0.587 bits per heavy atom. The molecule has 13 rings (SSSR count). The number of para-hydroxylation sites is 4. The molecule has 4 nitrogen and oxygen atoms in total. The largest absolute Gasteiger partial charge is 0.309 e. The van der Waals surface area contributed by atoms with Crippen LogP contribution in [0.5, 0.6) is 0 Å². The van der Waals surface area contributed by atoms with Gasteiger partial charge >= 0.3 is 0 Å². The lowest BCUT2D eigenvalue weighted by atomic mass is 9.99. The first-order chi connectivity index (χ1) is 31.2.